The summed E-state index contributed by atoms with van der Waals surface area (Å²) < 4.78 is 9.84. The first-order chi connectivity index (χ1) is 15.5. The van der Waals surface area contributed by atoms with Crippen molar-refractivity contribution in [2.45, 2.75) is 23.8 Å². The van der Waals surface area contributed by atoms with E-state index in [-0.39, 0.29) is 12.5 Å². The second-order valence-electron chi connectivity index (χ2n) is 7.02. The van der Waals surface area contributed by atoms with Gasteiger partial charge >= 0.3 is 6.09 Å². The Hall–Kier alpha value is -3.36. The first-order valence-corrected chi connectivity index (χ1v) is 10.8. The average molecular weight is 452 g/mol. The standard InChI is InChI=1S/C24H25N3O4S/c1-16-9-10-21(17(2)14-16)32-23-20(8-5-11-25-23)22(28)26-18-6-4-7-19(15-18)27-24(29)31-13-12-30-3/h4-11,14-15H,12-13H2,1-3H3,(H,26,28)(H,27,29). The SMILES string of the molecule is COCCOC(=O)Nc1cccc(NC(=O)c2cccnc2Sc2ccc(C)cc2C)c1. The van der Waals surface area contributed by atoms with Crippen LogP contribution in [0.1, 0.15) is 21.5 Å². The molecule has 0 bridgehead atoms. The van der Waals surface area contributed by atoms with Gasteiger partial charge in [0.2, 0.25) is 0 Å². The van der Waals surface area contributed by atoms with E-state index >= 15 is 0 Å². The monoisotopic (exact) mass is 451 g/mol. The lowest BCUT2D eigenvalue weighted by Gasteiger charge is -2.12. The lowest BCUT2D eigenvalue weighted by atomic mass is 10.2. The molecule has 166 valence electrons. The van der Waals surface area contributed by atoms with Crippen LogP contribution in [0.2, 0.25) is 0 Å². The number of carbonyl (C=O) groups is 2. The molecule has 2 N–H and O–H groups in total. The third-order valence-corrected chi connectivity index (χ3v) is 5.64. The molecule has 0 atom stereocenters. The van der Waals surface area contributed by atoms with Gasteiger partial charge in [0.25, 0.3) is 5.91 Å². The number of nitrogens with one attached hydrogen (secondary N) is 2. The Bertz CT molecular complexity index is 1100. The maximum atomic E-state index is 13.0. The highest BCUT2D eigenvalue weighted by molar-refractivity contribution is 7.99. The fraction of sp³-hybridized carbons (Fsp3) is 0.208. The predicted octanol–water partition coefficient (Wildman–Crippen LogP) is 5.30. The van der Waals surface area contributed by atoms with Crippen molar-refractivity contribution < 1.29 is 19.1 Å². The molecule has 7 nitrogen and oxygen atoms in total. The van der Waals surface area contributed by atoms with Crippen molar-refractivity contribution in [2.75, 3.05) is 31.0 Å². The zero-order chi connectivity index (χ0) is 22.9. The summed E-state index contributed by atoms with van der Waals surface area (Å²) >= 11 is 1.45. The van der Waals surface area contributed by atoms with Crippen molar-refractivity contribution in [3.8, 4) is 0 Å². The number of methoxy groups -OCH3 is 1. The third-order valence-electron chi connectivity index (χ3n) is 4.44. The maximum absolute atomic E-state index is 13.0. The molecule has 0 aliphatic rings. The Morgan fingerprint density at radius 1 is 0.969 bits per heavy atom. The number of ether oxygens (including phenoxy) is 2. The summed E-state index contributed by atoms with van der Waals surface area (Å²) in [5.41, 5.74) is 3.82. The summed E-state index contributed by atoms with van der Waals surface area (Å²) in [6.45, 7) is 4.55. The summed E-state index contributed by atoms with van der Waals surface area (Å²) in [6, 6.07) is 16.5. The molecule has 3 rings (SSSR count). The highest BCUT2D eigenvalue weighted by Gasteiger charge is 2.15. The number of aromatic nitrogens is 1. The van der Waals surface area contributed by atoms with Crippen molar-refractivity contribution >= 4 is 35.1 Å². The lowest BCUT2D eigenvalue weighted by Crippen LogP contribution is -2.17. The number of hydrogen-bond donors (Lipinski definition) is 2. The second-order valence-corrected chi connectivity index (χ2v) is 8.05. The van der Waals surface area contributed by atoms with Gasteiger partial charge in [0.15, 0.2) is 0 Å². The van der Waals surface area contributed by atoms with Gasteiger partial charge in [-0.15, -0.1) is 0 Å². The molecule has 3 aromatic rings. The predicted molar refractivity (Wildman–Crippen MR) is 126 cm³/mol. The van der Waals surface area contributed by atoms with Crippen LogP contribution < -0.4 is 10.6 Å². The van der Waals surface area contributed by atoms with Gasteiger partial charge in [-0.05, 0) is 55.8 Å². The van der Waals surface area contributed by atoms with Crippen LogP contribution in [-0.2, 0) is 9.47 Å². The number of hydrogen-bond acceptors (Lipinski definition) is 6. The molecule has 0 aliphatic heterocycles. The zero-order valence-electron chi connectivity index (χ0n) is 18.2. The topological polar surface area (TPSA) is 89.5 Å². The number of rotatable bonds is 8. The molecule has 2 aromatic carbocycles. The van der Waals surface area contributed by atoms with Crippen molar-refractivity contribution in [1.29, 1.82) is 0 Å². The molecule has 0 spiro atoms. The number of nitrogens with zero attached hydrogens (tertiary/aromatic N) is 1. The number of pyridine rings is 1. The molecule has 0 radical (unpaired) electrons. The Labute approximate surface area is 191 Å². The van der Waals surface area contributed by atoms with Gasteiger partial charge in [-0.2, -0.15) is 0 Å². The van der Waals surface area contributed by atoms with Crippen LogP contribution in [-0.4, -0.2) is 37.3 Å². The van der Waals surface area contributed by atoms with E-state index in [1.54, 1.807) is 42.6 Å². The zero-order valence-corrected chi connectivity index (χ0v) is 19.0. The van der Waals surface area contributed by atoms with Gasteiger partial charge in [0.05, 0.1) is 12.2 Å². The maximum Gasteiger partial charge on any atom is 0.411 e. The lowest BCUT2D eigenvalue weighted by molar-refractivity contribution is 0.102. The van der Waals surface area contributed by atoms with Gasteiger partial charge in [-0.25, -0.2) is 9.78 Å². The highest BCUT2D eigenvalue weighted by atomic mass is 32.2. The van der Waals surface area contributed by atoms with E-state index < -0.39 is 6.09 Å². The molecular weight excluding hydrogens is 426 g/mol. The van der Waals surface area contributed by atoms with Crippen LogP contribution in [0.5, 0.6) is 0 Å². The average Bonchev–Trinajstić information content (AvgIpc) is 2.76. The molecule has 0 fully saturated rings. The number of benzene rings is 2. The van der Waals surface area contributed by atoms with Gasteiger partial charge in [-0.3, -0.25) is 10.1 Å². The molecular formula is C24H25N3O4S. The summed E-state index contributed by atoms with van der Waals surface area (Å²) in [5, 5.41) is 6.11. The summed E-state index contributed by atoms with van der Waals surface area (Å²) in [6.07, 6.45) is 1.08. The van der Waals surface area contributed by atoms with E-state index in [0.29, 0.717) is 28.6 Å². The van der Waals surface area contributed by atoms with Crippen LogP contribution in [0.4, 0.5) is 16.2 Å². The van der Waals surface area contributed by atoms with E-state index in [4.69, 9.17) is 9.47 Å². The van der Waals surface area contributed by atoms with E-state index in [0.717, 1.165) is 10.5 Å². The van der Waals surface area contributed by atoms with Gasteiger partial charge in [-0.1, -0.05) is 35.5 Å². The first kappa shape index (κ1) is 23.3. The largest absolute Gasteiger partial charge is 0.447 e. The van der Waals surface area contributed by atoms with Crippen LogP contribution >= 0.6 is 11.8 Å². The second kappa shape index (κ2) is 11.3. The summed E-state index contributed by atoms with van der Waals surface area (Å²) in [4.78, 5) is 30.3. The van der Waals surface area contributed by atoms with Crippen LogP contribution in [0, 0.1) is 13.8 Å². The normalized spacial score (nSPS) is 10.5. The molecule has 32 heavy (non-hydrogen) atoms. The number of amides is 2. The molecule has 1 heterocycles. The molecule has 0 saturated heterocycles. The quantitative estimate of drug-likeness (QED) is 0.452. The fourth-order valence-corrected chi connectivity index (χ4v) is 3.86. The van der Waals surface area contributed by atoms with E-state index in [1.807, 2.05) is 26.0 Å². The molecule has 0 saturated carbocycles. The Morgan fingerprint density at radius 3 is 2.50 bits per heavy atom. The van der Waals surface area contributed by atoms with Crippen molar-refractivity contribution in [3.63, 3.8) is 0 Å². The minimum absolute atomic E-state index is 0.153. The summed E-state index contributed by atoms with van der Waals surface area (Å²) in [5.74, 6) is -0.287. The van der Waals surface area contributed by atoms with E-state index in [2.05, 4.69) is 21.7 Å². The van der Waals surface area contributed by atoms with Crippen LogP contribution in [0.25, 0.3) is 0 Å². The third kappa shape index (κ3) is 6.57. The number of anilines is 2. The minimum atomic E-state index is -0.593. The Balaban J connectivity index is 1.71. The number of aryl methyl sites for hydroxylation is 2. The van der Waals surface area contributed by atoms with Crippen molar-refractivity contribution in [2.24, 2.45) is 0 Å². The van der Waals surface area contributed by atoms with E-state index in [1.165, 1.54) is 24.4 Å². The number of carbonyl (C=O) groups excluding carboxylic acids is 2. The molecule has 2 amide bonds. The minimum Gasteiger partial charge on any atom is -0.447 e. The smallest absolute Gasteiger partial charge is 0.411 e. The first-order valence-electron chi connectivity index (χ1n) is 10.0. The van der Waals surface area contributed by atoms with E-state index in [9.17, 15) is 9.59 Å². The molecule has 1 aromatic heterocycles. The van der Waals surface area contributed by atoms with Crippen molar-refractivity contribution in [1.82, 2.24) is 4.98 Å². The molecule has 0 aliphatic carbocycles. The van der Waals surface area contributed by atoms with Gasteiger partial charge in [0, 0.05) is 29.6 Å². The van der Waals surface area contributed by atoms with Gasteiger partial charge in [0.1, 0.15) is 11.6 Å². The molecule has 8 heteroatoms. The molecule has 0 unspecified atom stereocenters. The fourth-order valence-electron chi connectivity index (χ4n) is 2.91. The summed E-state index contributed by atoms with van der Waals surface area (Å²) in [7, 11) is 1.53. The Kier molecular flexibility index (Phi) is 8.24. The van der Waals surface area contributed by atoms with Crippen LogP contribution in [0.15, 0.2) is 70.7 Å². The van der Waals surface area contributed by atoms with Crippen molar-refractivity contribution in [3.05, 3.63) is 77.5 Å². The van der Waals surface area contributed by atoms with Crippen LogP contribution in [0.3, 0.4) is 0 Å². The van der Waals surface area contributed by atoms with Gasteiger partial charge < -0.3 is 14.8 Å². The Morgan fingerprint density at radius 2 is 1.75 bits per heavy atom. The highest BCUT2D eigenvalue weighted by Crippen LogP contribution is 2.32.